The minimum absolute atomic E-state index is 0.0746. The van der Waals surface area contributed by atoms with Crippen LogP contribution in [0.15, 0.2) is 0 Å². The van der Waals surface area contributed by atoms with E-state index in [9.17, 15) is 9.59 Å². The Morgan fingerprint density at radius 1 is 1.27 bits per heavy atom. The molecule has 6 nitrogen and oxygen atoms in total. The van der Waals surface area contributed by atoms with Gasteiger partial charge in [-0.1, -0.05) is 6.92 Å². The molecule has 0 aromatic carbocycles. The number of aliphatic hydroxyl groups excluding tert-OH is 1. The van der Waals surface area contributed by atoms with Crippen LogP contribution in [0, 0.1) is 5.92 Å². The first kappa shape index (κ1) is 13.9. The van der Waals surface area contributed by atoms with Gasteiger partial charge in [-0.2, -0.15) is 0 Å². The molecule has 0 saturated heterocycles. The monoisotopic (exact) mass is 220 g/mol. The van der Waals surface area contributed by atoms with Gasteiger partial charge in [-0.05, 0) is 0 Å². The van der Waals surface area contributed by atoms with Gasteiger partial charge < -0.3 is 19.7 Å². The summed E-state index contributed by atoms with van der Waals surface area (Å²) in [5, 5.41) is 16.9. The fourth-order valence-corrected chi connectivity index (χ4v) is 0.777. The molecular formula is C9H16O6. The Morgan fingerprint density at radius 3 is 2.47 bits per heavy atom. The Labute approximate surface area is 87.8 Å². The second-order valence-electron chi connectivity index (χ2n) is 3.00. The highest BCUT2D eigenvalue weighted by atomic mass is 16.6. The lowest BCUT2D eigenvalue weighted by Gasteiger charge is -2.07. The van der Waals surface area contributed by atoms with Crippen LogP contribution >= 0.6 is 0 Å². The fraction of sp³-hybridized carbons (Fsp3) is 0.778. The lowest BCUT2D eigenvalue weighted by atomic mass is 10.1. The minimum atomic E-state index is -1.02. The van der Waals surface area contributed by atoms with Crippen LogP contribution in [-0.4, -0.2) is 48.6 Å². The second kappa shape index (κ2) is 8.19. The molecule has 1 atom stereocenters. The molecule has 0 saturated carbocycles. The van der Waals surface area contributed by atoms with Gasteiger partial charge in [0.15, 0.2) is 0 Å². The Morgan fingerprint density at radius 2 is 1.93 bits per heavy atom. The number of carboxylic acid groups (broad SMARTS) is 1. The van der Waals surface area contributed by atoms with Crippen LogP contribution < -0.4 is 0 Å². The molecule has 88 valence electrons. The number of hydrogen-bond donors (Lipinski definition) is 2. The zero-order valence-corrected chi connectivity index (χ0v) is 8.64. The Bertz CT molecular complexity index is 203. The van der Waals surface area contributed by atoms with E-state index in [-0.39, 0.29) is 32.8 Å². The van der Waals surface area contributed by atoms with Gasteiger partial charge in [0.05, 0.1) is 32.2 Å². The summed E-state index contributed by atoms with van der Waals surface area (Å²) in [6.45, 7) is 1.83. The largest absolute Gasteiger partial charge is 0.481 e. The van der Waals surface area contributed by atoms with Gasteiger partial charge in [0.1, 0.15) is 6.61 Å². The number of carboxylic acids is 1. The molecular weight excluding hydrogens is 204 g/mol. The third kappa shape index (κ3) is 7.90. The van der Waals surface area contributed by atoms with Gasteiger partial charge in [-0.15, -0.1) is 0 Å². The van der Waals surface area contributed by atoms with Crippen molar-refractivity contribution < 1.29 is 29.3 Å². The van der Waals surface area contributed by atoms with Crippen molar-refractivity contribution in [2.75, 3.05) is 26.4 Å². The molecule has 0 fully saturated rings. The van der Waals surface area contributed by atoms with E-state index < -0.39 is 17.9 Å². The quantitative estimate of drug-likeness (QED) is 0.429. The maximum absolute atomic E-state index is 11.0. The second-order valence-corrected chi connectivity index (χ2v) is 3.00. The number of aliphatic carboxylic acids is 1. The summed E-state index contributed by atoms with van der Waals surface area (Å²) in [6.07, 6.45) is -0.144. The van der Waals surface area contributed by atoms with Crippen molar-refractivity contribution in [2.45, 2.75) is 13.3 Å². The first-order valence-electron chi connectivity index (χ1n) is 4.65. The number of rotatable bonds is 8. The zero-order valence-electron chi connectivity index (χ0n) is 8.64. The summed E-state index contributed by atoms with van der Waals surface area (Å²) in [6, 6.07) is 0. The smallest absolute Gasteiger partial charge is 0.306 e. The van der Waals surface area contributed by atoms with E-state index in [1.54, 1.807) is 0 Å². The minimum Gasteiger partial charge on any atom is -0.481 e. The van der Waals surface area contributed by atoms with Gasteiger partial charge in [0.25, 0.3) is 0 Å². The van der Waals surface area contributed by atoms with Crippen LogP contribution in [0.5, 0.6) is 0 Å². The molecule has 0 rings (SSSR count). The van der Waals surface area contributed by atoms with E-state index in [1.807, 2.05) is 0 Å². The van der Waals surface area contributed by atoms with Crippen molar-refractivity contribution in [2.24, 2.45) is 5.92 Å². The summed E-state index contributed by atoms with van der Waals surface area (Å²) in [7, 11) is 0. The van der Waals surface area contributed by atoms with Gasteiger partial charge in [0.2, 0.25) is 0 Å². The standard InChI is InChI=1S/C9H16O6/c1-7(9(12)13)6-8(11)15-5-4-14-3-2-10/h7,10H,2-6H2,1H3,(H,12,13). The van der Waals surface area contributed by atoms with Gasteiger partial charge >= 0.3 is 11.9 Å². The molecule has 0 amide bonds. The SMILES string of the molecule is CC(CC(=O)OCCOCCO)C(=O)O. The van der Waals surface area contributed by atoms with E-state index in [4.69, 9.17) is 19.7 Å². The van der Waals surface area contributed by atoms with Crippen LogP contribution in [0.25, 0.3) is 0 Å². The molecule has 0 aliphatic heterocycles. The molecule has 0 spiro atoms. The molecule has 0 aliphatic carbocycles. The maximum Gasteiger partial charge on any atom is 0.306 e. The highest BCUT2D eigenvalue weighted by molar-refractivity contribution is 5.78. The van der Waals surface area contributed by atoms with Crippen LogP contribution in [0.2, 0.25) is 0 Å². The first-order chi connectivity index (χ1) is 7.07. The number of esters is 1. The van der Waals surface area contributed by atoms with Crippen molar-refractivity contribution in [3.8, 4) is 0 Å². The van der Waals surface area contributed by atoms with Crippen LogP contribution in [0.4, 0.5) is 0 Å². The van der Waals surface area contributed by atoms with Gasteiger partial charge in [-0.25, -0.2) is 0 Å². The topological polar surface area (TPSA) is 93.1 Å². The van der Waals surface area contributed by atoms with Crippen LogP contribution in [-0.2, 0) is 19.1 Å². The summed E-state index contributed by atoms with van der Waals surface area (Å²) in [5.41, 5.74) is 0. The van der Waals surface area contributed by atoms with E-state index >= 15 is 0 Å². The molecule has 1 unspecified atom stereocenters. The molecule has 0 aliphatic rings. The Balaban J connectivity index is 3.45. The molecule has 0 bridgehead atoms. The summed E-state index contributed by atoms with van der Waals surface area (Å²) in [4.78, 5) is 21.4. The number of ether oxygens (including phenoxy) is 2. The number of hydrogen-bond acceptors (Lipinski definition) is 5. The van der Waals surface area contributed by atoms with Crippen LogP contribution in [0.3, 0.4) is 0 Å². The Hall–Kier alpha value is -1.14. The predicted octanol–water partition coefficient (Wildman–Crippen LogP) is -0.351. The van der Waals surface area contributed by atoms with E-state index in [0.717, 1.165) is 0 Å². The molecule has 6 heteroatoms. The van der Waals surface area contributed by atoms with Gasteiger partial charge in [0, 0.05) is 0 Å². The van der Waals surface area contributed by atoms with Crippen molar-refractivity contribution in [3.05, 3.63) is 0 Å². The lowest BCUT2D eigenvalue weighted by molar-refractivity contribution is -0.152. The summed E-state index contributed by atoms with van der Waals surface area (Å²) < 4.78 is 9.54. The molecule has 15 heavy (non-hydrogen) atoms. The van der Waals surface area contributed by atoms with Crippen LogP contribution in [0.1, 0.15) is 13.3 Å². The van der Waals surface area contributed by atoms with E-state index in [2.05, 4.69) is 0 Å². The first-order valence-corrected chi connectivity index (χ1v) is 4.65. The van der Waals surface area contributed by atoms with E-state index in [1.165, 1.54) is 6.92 Å². The normalized spacial score (nSPS) is 12.1. The van der Waals surface area contributed by atoms with Crippen molar-refractivity contribution >= 4 is 11.9 Å². The number of aliphatic hydroxyl groups is 1. The zero-order chi connectivity index (χ0) is 11.7. The number of carbonyl (C=O) groups is 2. The summed E-state index contributed by atoms with van der Waals surface area (Å²) in [5.74, 6) is -2.32. The highest BCUT2D eigenvalue weighted by Crippen LogP contribution is 2.02. The molecule has 0 radical (unpaired) electrons. The Kier molecular flexibility index (Phi) is 7.57. The van der Waals surface area contributed by atoms with Crippen molar-refractivity contribution in [1.82, 2.24) is 0 Å². The molecule has 0 aromatic rings. The predicted molar refractivity (Wildman–Crippen MR) is 50.3 cm³/mol. The highest BCUT2D eigenvalue weighted by Gasteiger charge is 2.16. The van der Waals surface area contributed by atoms with Crippen molar-refractivity contribution in [3.63, 3.8) is 0 Å². The fourth-order valence-electron chi connectivity index (χ4n) is 0.777. The van der Waals surface area contributed by atoms with E-state index in [0.29, 0.717) is 0 Å². The average Bonchev–Trinajstić information content (AvgIpc) is 2.17. The van der Waals surface area contributed by atoms with Gasteiger partial charge in [-0.3, -0.25) is 9.59 Å². The molecule has 0 aromatic heterocycles. The van der Waals surface area contributed by atoms with Crippen molar-refractivity contribution in [1.29, 1.82) is 0 Å². The third-order valence-electron chi connectivity index (χ3n) is 1.62. The number of carbonyl (C=O) groups excluding carboxylic acids is 1. The summed E-state index contributed by atoms with van der Waals surface area (Å²) >= 11 is 0. The molecule has 0 heterocycles. The average molecular weight is 220 g/mol. The third-order valence-corrected chi connectivity index (χ3v) is 1.62. The maximum atomic E-state index is 11.0. The molecule has 2 N–H and O–H groups in total. The lowest BCUT2D eigenvalue weighted by Crippen LogP contribution is -2.18.